The van der Waals surface area contributed by atoms with Gasteiger partial charge in [-0.2, -0.15) is 0 Å². The number of hydrogen-bond donors (Lipinski definition) is 1. The Morgan fingerprint density at radius 1 is 0.603 bits per heavy atom. The van der Waals surface area contributed by atoms with Crippen LogP contribution in [0.15, 0.2) is 140 Å². The van der Waals surface area contributed by atoms with Gasteiger partial charge in [-0.15, -0.1) is 0 Å². The minimum atomic E-state index is -0.664. The van der Waals surface area contributed by atoms with E-state index in [0.29, 0.717) is 11.7 Å². The van der Waals surface area contributed by atoms with Gasteiger partial charge in [0.25, 0.3) is 0 Å². The first-order valence-corrected chi connectivity index (χ1v) is 22.7. The summed E-state index contributed by atoms with van der Waals surface area (Å²) in [5.74, 6) is 1.19. The number of phenols is 1. The summed E-state index contributed by atoms with van der Waals surface area (Å²) >= 11 is 0. The number of hydrogen-bond acceptors (Lipinski definition) is 3. The second-order valence-corrected chi connectivity index (χ2v) is 19.6. The van der Waals surface area contributed by atoms with Crippen LogP contribution >= 0.6 is 0 Å². The third-order valence-electron chi connectivity index (χ3n) is 12.4. The number of para-hydroxylation sites is 1. The highest BCUT2D eigenvalue weighted by molar-refractivity contribution is 5.98. The molecule has 0 spiro atoms. The lowest BCUT2D eigenvalue weighted by Crippen LogP contribution is -2.11. The van der Waals surface area contributed by atoms with Crippen LogP contribution in [0.5, 0.6) is 5.75 Å². The molecule has 0 aliphatic carbocycles. The van der Waals surface area contributed by atoms with Crippen LogP contribution in [0.3, 0.4) is 0 Å². The number of benzene rings is 6. The lowest BCUT2D eigenvalue weighted by Gasteiger charge is -2.22. The van der Waals surface area contributed by atoms with Gasteiger partial charge in [-0.1, -0.05) is 161 Å². The second kappa shape index (κ2) is 17.5. The molecule has 4 heteroatoms. The Labute approximate surface area is 377 Å². The average Bonchev–Trinajstić information content (AvgIpc) is 3.65. The quantitative estimate of drug-likeness (QED) is 0.141. The molecule has 0 atom stereocenters. The largest absolute Gasteiger partial charge is 0.507 e. The fourth-order valence-corrected chi connectivity index (χ4v) is 8.73. The first kappa shape index (κ1) is 42.1. The van der Waals surface area contributed by atoms with E-state index >= 15 is 0 Å². The van der Waals surface area contributed by atoms with Crippen LogP contribution in [0.25, 0.3) is 72.7 Å². The summed E-state index contributed by atoms with van der Waals surface area (Å²) in [5.41, 5.74) is 17.3. The summed E-state index contributed by atoms with van der Waals surface area (Å²) in [6, 6.07) is 47.7. The van der Waals surface area contributed by atoms with Crippen molar-refractivity contribution in [1.82, 2.24) is 14.5 Å². The molecule has 0 saturated carbocycles. The zero-order chi connectivity index (χ0) is 45.7. The van der Waals surface area contributed by atoms with Gasteiger partial charge in [-0.3, -0.25) is 9.55 Å². The maximum atomic E-state index is 12.3. The average molecular weight is 831 g/mol. The van der Waals surface area contributed by atoms with Gasteiger partial charge < -0.3 is 5.11 Å². The molecule has 0 radical (unpaired) electrons. The maximum absolute atomic E-state index is 12.3. The fourth-order valence-electron chi connectivity index (χ4n) is 8.73. The van der Waals surface area contributed by atoms with Gasteiger partial charge in [-0.05, 0) is 134 Å². The van der Waals surface area contributed by atoms with Crippen LogP contribution in [0, 0.1) is 5.92 Å². The van der Waals surface area contributed by atoms with Crippen molar-refractivity contribution in [2.24, 2.45) is 5.92 Å². The van der Waals surface area contributed by atoms with Gasteiger partial charge in [0, 0.05) is 24.3 Å². The summed E-state index contributed by atoms with van der Waals surface area (Å²) in [7, 11) is 0. The van der Waals surface area contributed by atoms with Crippen molar-refractivity contribution in [3.8, 4) is 67.5 Å². The van der Waals surface area contributed by atoms with Gasteiger partial charge in [0.2, 0.25) is 0 Å². The van der Waals surface area contributed by atoms with Crippen LogP contribution < -0.4 is 0 Å². The fraction of sp³-hybridized carbons (Fsp3) is 0.288. The summed E-state index contributed by atoms with van der Waals surface area (Å²) < 4.78 is 10.8. The molecule has 8 aromatic rings. The van der Waals surface area contributed by atoms with Crippen LogP contribution in [-0.4, -0.2) is 19.6 Å². The molecule has 1 N–H and O–H groups in total. The molecule has 2 heterocycles. The summed E-state index contributed by atoms with van der Waals surface area (Å²) in [4.78, 5) is 10.6. The molecule has 8 rings (SSSR count). The molecule has 2 aromatic heterocycles. The molecule has 0 fully saturated rings. The summed E-state index contributed by atoms with van der Waals surface area (Å²) in [6.45, 7) is 23.9. The molecule has 0 saturated heterocycles. The van der Waals surface area contributed by atoms with Gasteiger partial charge in [0.05, 0.1) is 28.0 Å². The van der Waals surface area contributed by atoms with Crippen LogP contribution in [0.2, 0.25) is 0 Å². The highest BCUT2D eigenvalue weighted by Crippen LogP contribution is 2.44. The van der Waals surface area contributed by atoms with Gasteiger partial charge >= 0.3 is 0 Å². The predicted octanol–water partition coefficient (Wildman–Crippen LogP) is 16.3. The number of fused-ring (bicyclic) bond motifs is 1. The van der Waals surface area contributed by atoms with Gasteiger partial charge in [0.1, 0.15) is 11.6 Å². The highest BCUT2D eigenvalue weighted by atomic mass is 16.3. The molecule has 0 amide bonds. The topological polar surface area (TPSA) is 50.9 Å². The number of aromatic nitrogens is 3. The van der Waals surface area contributed by atoms with Crippen molar-refractivity contribution >= 4 is 11.0 Å². The normalized spacial score (nSPS) is 12.5. The SMILES string of the molecule is [2H]C(C)(C)c1ccc(-c2ccnc(-c3cc(-c4cccc5c4nc(-c4cc(C(C)C)cc(C(C)C)c4O)n5-c4ccc(CC(C)C)cc4-c4ccccc4)cc(C(C)(C)C)c3)c2)cc1. The Bertz CT molecular complexity index is 2960. The number of rotatable bonds is 11. The number of nitrogens with zero attached hydrogens (tertiary/aromatic N) is 3. The van der Waals surface area contributed by atoms with E-state index in [1.807, 2.05) is 20.0 Å². The van der Waals surface area contributed by atoms with Crippen molar-refractivity contribution in [2.45, 2.75) is 106 Å². The number of pyridine rings is 1. The zero-order valence-corrected chi connectivity index (χ0v) is 39.0. The third kappa shape index (κ3) is 8.87. The molecule has 6 aromatic carbocycles. The number of imidazole rings is 1. The molecule has 320 valence electrons. The maximum Gasteiger partial charge on any atom is 0.149 e. The molecular weight excluding hydrogens is 767 g/mol. The van der Waals surface area contributed by atoms with Crippen molar-refractivity contribution in [3.63, 3.8) is 0 Å². The van der Waals surface area contributed by atoms with Crippen molar-refractivity contribution in [2.75, 3.05) is 0 Å². The summed E-state index contributed by atoms with van der Waals surface area (Å²) in [6.07, 6.45) is 2.86. The first-order chi connectivity index (χ1) is 30.4. The third-order valence-corrected chi connectivity index (χ3v) is 12.4. The Morgan fingerprint density at radius 2 is 1.33 bits per heavy atom. The molecule has 4 nitrogen and oxygen atoms in total. The van der Waals surface area contributed by atoms with E-state index in [0.717, 1.165) is 84.5 Å². The van der Waals surface area contributed by atoms with E-state index in [-0.39, 0.29) is 23.0 Å². The van der Waals surface area contributed by atoms with Crippen molar-refractivity contribution < 1.29 is 6.48 Å². The minimum Gasteiger partial charge on any atom is -0.507 e. The minimum absolute atomic E-state index is 0.112. The number of aromatic hydroxyl groups is 1. The molecule has 63 heavy (non-hydrogen) atoms. The van der Waals surface area contributed by atoms with E-state index in [1.54, 1.807) is 0 Å². The van der Waals surface area contributed by atoms with E-state index < -0.39 is 5.89 Å². The Hall–Kier alpha value is -6.26. The highest BCUT2D eigenvalue weighted by Gasteiger charge is 2.26. The van der Waals surface area contributed by atoms with Gasteiger partial charge in [0.15, 0.2) is 0 Å². The van der Waals surface area contributed by atoms with E-state index in [9.17, 15) is 5.11 Å². The van der Waals surface area contributed by atoms with Crippen LogP contribution in [0.4, 0.5) is 0 Å². The van der Waals surface area contributed by atoms with E-state index in [4.69, 9.17) is 11.3 Å². The standard InChI is InChI=1S/C59H63N3O/c1-36(2)28-40-20-25-54(51(29-40)43-16-13-12-14-17-43)62-55-19-15-18-49(56(55)61-58(62)52-34-45(38(5)6)33-50(39(7)8)57(52)63)46-30-47(32-48(31-46)59(9,10)11)53-35-44(26-27-60-53)42-23-21-41(22-24-42)37(3)4/h12-27,29-39,63H,28H2,1-11H3/i37D. The Balaban J connectivity index is 1.40. The van der Waals surface area contributed by atoms with E-state index in [2.05, 4.69) is 200 Å². The zero-order valence-electron chi connectivity index (χ0n) is 40.0. The van der Waals surface area contributed by atoms with Crippen molar-refractivity contribution in [3.05, 3.63) is 167 Å². The molecule has 0 unspecified atom stereocenters. The Morgan fingerprint density at radius 3 is 2.00 bits per heavy atom. The Kier molecular flexibility index (Phi) is 11.7. The monoisotopic (exact) mass is 831 g/mol. The van der Waals surface area contributed by atoms with E-state index in [1.165, 1.54) is 16.7 Å². The molecule has 0 bridgehead atoms. The van der Waals surface area contributed by atoms with Crippen LogP contribution in [0.1, 0.15) is 123 Å². The smallest absolute Gasteiger partial charge is 0.149 e. The lowest BCUT2D eigenvalue weighted by molar-refractivity contribution is 0.466. The predicted molar refractivity (Wildman–Crippen MR) is 267 cm³/mol. The van der Waals surface area contributed by atoms with Crippen LogP contribution in [-0.2, 0) is 11.8 Å². The molecule has 0 aliphatic heterocycles. The lowest BCUT2D eigenvalue weighted by atomic mass is 9.83. The van der Waals surface area contributed by atoms with Crippen molar-refractivity contribution in [1.29, 1.82) is 0 Å². The summed E-state index contributed by atoms with van der Waals surface area (Å²) in [5, 5.41) is 12.3. The molecule has 0 aliphatic rings. The number of phenolic OH excluding ortho intramolecular Hbond substituents is 1. The first-order valence-electron chi connectivity index (χ1n) is 23.2. The molecular formula is C59H63N3O. The van der Waals surface area contributed by atoms with Gasteiger partial charge in [-0.25, -0.2) is 4.98 Å². The second-order valence-electron chi connectivity index (χ2n) is 19.6.